The van der Waals surface area contributed by atoms with Crippen LogP contribution in [0.3, 0.4) is 0 Å². The summed E-state index contributed by atoms with van der Waals surface area (Å²) in [5.74, 6) is 0. The number of unbranched alkanes of at least 4 members (excludes halogenated alkanes) is 10. The first-order valence-corrected chi connectivity index (χ1v) is 18.3. The maximum absolute atomic E-state index is 13.6. The van der Waals surface area contributed by atoms with Gasteiger partial charge in [0, 0.05) is 17.0 Å². The summed E-state index contributed by atoms with van der Waals surface area (Å²) in [7, 11) is -2.92. The van der Waals surface area contributed by atoms with Gasteiger partial charge < -0.3 is 9.84 Å². The number of ether oxygens (including phenoxy) is 1. The molecular formula is C32H56N4O7SSi. The maximum atomic E-state index is 13.6. The van der Waals surface area contributed by atoms with Crippen molar-refractivity contribution in [1.29, 1.82) is 0 Å². The lowest BCUT2D eigenvalue weighted by atomic mass is 9.81. The molecule has 1 rings (SSSR count). The molecule has 0 aliphatic heterocycles. The van der Waals surface area contributed by atoms with Gasteiger partial charge in [0.1, 0.15) is 12.2 Å². The topological polar surface area (TPSA) is 165 Å². The molecule has 13 heteroatoms. The number of aliphatic hydroxyl groups is 1. The van der Waals surface area contributed by atoms with Crippen LogP contribution >= 0.6 is 0 Å². The van der Waals surface area contributed by atoms with Crippen LogP contribution in [0.1, 0.15) is 126 Å². The molecule has 256 valence electrons. The molecule has 4 atom stereocenters. The van der Waals surface area contributed by atoms with Crippen molar-refractivity contribution < 1.29 is 27.4 Å². The zero-order valence-corrected chi connectivity index (χ0v) is 30.6. The van der Waals surface area contributed by atoms with Crippen molar-refractivity contribution >= 4 is 30.8 Å². The number of nitro benzene ring substituents is 1. The number of nitrogens with zero attached hydrogens (tertiary/aromatic N) is 4. The lowest BCUT2D eigenvalue weighted by Gasteiger charge is -2.41. The Morgan fingerprint density at radius 3 is 1.89 bits per heavy atom. The monoisotopic (exact) mass is 668 g/mol. The predicted molar refractivity (Wildman–Crippen MR) is 183 cm³/mol. The molecule has 0 radical (unpaired) electrons. The Labute approximate surface area is 273 Å². The van der Waals surface area contributed by atoms with E-state index in [9.17, 15) is 29.2 Å². The van der Waals surface area contributed by atoms with Crippen LogP contribution < -0.4 is 0 Å². The summed E-state index contributed by atoms with van der Waals surface area (Å²) in [4.78, 5) is 13.2. The third-order valence-corrected chi connectivity index (χ3v) is 9.66. The standard InChI is InChI=1S/C32H56N4O7SSi/c1-8-9-10-11-12-13-14-15-16-17-18-19-26(45)28(43-44(40,41)25-22-20-24(21-23-25)36(38)39)29(42-32(5,6)7)27(34-35-33)30(37)31(2,3)4/h20-23,27-30,37H,8-19,45H2,1-7H3/t27-,28+,29+,30?/m1/s1. The van der Waals surface area contributed by atoms with Crippen molar-refractivity contribution in [2.45, 2.75) is 160 Å². The summed E-state index contributed by atoms with van der Waals surface area (Å²) in [5, 5.41) is 27.1. The molecule has 0 amide bonds. The fraction of sp³-hybridized carbons (Fsp3) is 0.781. The van der Waals surface area contributed by atoms with Crippen molar-refractivity contribution in [3.8, 4) is 0 Å². The van der Waals surface area contributed by atoms with E-state index in [-0.39, 0.29) is 10.6 Å². The third kappa shape index (κ3) is 15.3. The molecule has 45 heavy (non-hydrogen) atoms. The normalized spacial score (nSPS) is 15.1. The van der Waals surface area contributed by atoms with E-state index in [1.807, 2.05) is 0 Å². The van der Waals surface area contributed by atoms with Gasteiger partial charge >= 0.3 is 0 Å². The van der Waals surface area contributed by atoms with Crippen LogP contribution in [0.15, 0.2) is 34.3 Å². The zero-order valence-electron chi connectivity index (χ0n) is 28.4. The average Bonchev–Trinajstić information content (AvgIpc) is 2.95. The van der Waals surface area contributed by atoms with Crippen molar-refractivity contribution in [3.63, 3.8) is 0 Å². The summed E-state index contributed by atoms with van der Waals surface area (Å²) < 4.78 is 39.4. The minimum Gasteiger partial charge on any atom is -0.392 e. The van der Waals surface area contributed by atoms with Gasteiger partial charge in [-0.05, 0) is 66.5 Å². The molecule has 1 aromatic rings. The molecule has 0 aliphatic carbocycles. The number of rotatable bonds is 22. The van der Waals surface area contributed by atoms with Gasteiger partial charge in [-0.25, -0.2) is 0 Å². The van der Waals surface area contributed by atoms with Gasteiger partial charge in [-0.15, -0.1) is 0 Å². The largest absolute Gasteiger partial charge is 0.392 e. The quantitative estimate of drug-likeness (QED) is 0.0196. The van der Waals surface area contributed by atoms with E-state index in [0.717, 1.165) is 49.9 Å². The van der Waals surface area contributed by atoms with E-state index in [0.29, 0.717) is 11.6 Å². The highest BCUT2D eigenvalue weighted by molar-refractivity contribution is 7.86. The Bertz CT molecular complexity index is 1210. The second-order valence-electron chi connectivity index (χ2n) is 13.9. The van der Waals surface area contributed by atoms with Gasteiger partial charge in [0.2, 0.25) is 0 Å². The second-order valence-corrected chi connectivity index (χ2v) is 16.3. The minimum atomic E-state index is -4.45. The smallest absolute Gasteiger partial charge is 0.297 e. The van der Waals surface area contributed by atoms with Crippen molar-refractivity contribution in [3.05, 3.63) is 44.8 Å². The predicted octanol–water partition coefficient (Wildman–Crippen LogP) is 7.44. The molecule has 1 N–H and O–H groups in total. The highest BCUT2D eigenvalue weighted by Gasteiger charge is 2.44. The molecule has 1 aromatic carbocycles. The van der Waals surface area contributed by atoms with Gasteiger partial charge in [0.05, 0.1) is 27.6 Å². The highest BCUT2D eigenvalue weighted by atomic mass is 32.2. The van der Waals surface area contributed by atoms with Gasteiger partial charge in [-0.2, -0.15) is 8.42 Å². The van der Waals surface area contributed by atoms with Crippen LogP contribution in [0.2, 0.25) is 0 Å². The fourth-order valence-corrected chi connectivity index (χ4v) is 6.82. The molecule has 0 aliphatic rings. The van der Waals surface area contributed by atoms with Crippen molar-refractivity contribution in [1.82, 2.24) is 0 Å². The SMILES string of the molecule is CCCCCCCCCCCCCC(=[SiH2])[C@H](OS(=O)(=O)c1ccc([N+](=O)[O-])cc1)[C@@H](OC(C)(C)C)[C@@H](N=[N+]=[N-])C(O)C(C)(C)C. The Kier molecular flexibility index (Phi) is 17.7. The Morgan fingerprint density at radius 1 is 0.978 bits per heavy atom. The summed E-state index contributed by atoms with van der Waals surface area (Å²) in [5.41, 5.74) is 7.69. The van der Waals surface area contributed by atoms with E-state index >= 15 is 0 Å². The highest BCUT2D eigenvalue weighted by Crippen LogP contribution is 2.32. The van der Waals surface area contributed by atoms with E-state index < -0.39 is 50.4 Å². The summed E-state index contributed by atoms with van der Waals surface area (Å²) in [6.07, 6.45) is 9.90. The number of nitro groups is 1. The molecule has 0 saturated carbocycles. The van der Waals surface area contributed by atoms with Crippen LogP contribution in [0.5, 0.6) is 0 Å². The lowest BCUT2D eigenvalue weighted by molar-refractivity contribution is -0.384. The van der Waals surface area contributed by atoms with Crippen LogP contribution in [-0.4, -0.2) is 63.4 Å². The molecule has 0 saturated heterocycles. The molecule has 0 aromatic heterocycles. The molecule has 1 unspecified atom stereocenters. The van der Waals surface area contributed by atoms with E-state index in [2.05, 4.69) is 16.9 Å². The molecule has 0 spiro atoms. The molecule has 0 bridgehead atoms. The fourth-order valence-electron chi connectivity index (χ4n) is 5.04. The number of aliphatic hydroxyl groups excluding tert-OH is 1. The minimum absolute atomic E-state index is 0.253. The molecule has 0 fully saturated rings. The van der Waals surface area contributed by atoms with Crippen molar-refractivity contribution in [2.24, 2.45) is 10.5 Å². The average molecular weight is 669 g/mol. The van der Waals surface area contributed by atoms with E-state index in [4.69, 9.17) is 8.92 Å². The Morgan fingerprint density at radius 2 is 1.47 bits per heavy atom. The first-order valence-electron chi connectivity index (χ1n) is 16.2. The molecule has 0 heterocycles. The van der Waals surface area contributed by atoms with Crippen LogP contribution in [-0.2, 0) is 19.0 Å². The summed E-state index contributed by atoms with van der Waals surface area (Å²) in [6, 6.07) is 3.28. The van der Waals surface area contributed by atoms with E-state index in [1.54, 1.807) is 41.5 Å². The van der Waals surface area contributed by atoms with Gasteiger partial charge in [-0.1, -0.05) is 102 Å². The van der Waals surface area contributed by atoms with Gasteiger partial charge in [0.15, 0.2) is 0 Å². The summed E-state index contributed by atoms with van der Waals surface area (Å²) in [6.45, 7) is 13.0. The van der Waals surface area contributed by atoms with Crippen LogP contribution in [0, 0.1) is 15.5 Å². The Hall–Kier alpha value is -2.15. The zero-order chi connectivity index (χ0) is 34.3. The van der Waals surface area contributed by atoms with Gasteiger partial charge in [0.25, 0.3) is 15.8 Å². The van der Waals surface area contributed by atoms with E-state index in [1.165, 1.54) is 54.8 Å². The third-order valence-electron chi connectivity index (χ3n) is 7.59. The number of hydrogen-bond donors (Lipinski definition) is 1. The second kappa shape index (κ2) is 19.5. The first-order chi connectivity index (χ1) is 20.9. The Balaban J connectivity index is 3.27. The van der Waals surface area contributed by atoms with Crippen LogP contribution in [0.4, 0.5) is 5.69 Å². The van der Waals surface area contributed by atoms with Crippen LogP contribution in [0.25, 0.3) is 10.4 Å². The maximum Gasteiger partial charge on any atom is 0.297 e. The number of benzene rings is 1. The summed E-state index contributed by atoms with van der Waals surface area (Å²) >= 11 is 0. The van der Waals surface area contributed by atoms with Gasteiger partial charge in [-0.3, -0.25) is 14.3 Å². The van der Waals surface area contributed by atoms with Crippen molar-refractivity contribution in [2.75, 3.05) is 0 Å². The molecule has 11 nitrogen and oxygen atoms in total. The number of non-ortho nitro benzene ring substituents is 1. The number of hydrogen-bond acceptors (Lipinski definition) is 8. The first kappa shape index (κ1) is 40.9. The number of azide groups is 1. The molecular weight excluding hydrogens is 613 g/mol. The lowest BCUT2D eigenvalue weighted by Crippen LogP contribution is -2.55.